The number of ether oxygens (including phenoxy) is 2. The molecule has 6 nitrogen and oxygen atoms in total. The summed E-state index contributed by atoms with van der Waals surface area (Å²) < 4.78 is 11.5. The van der Waals surface area contributed by atoms with Gasteiger partial charge in [-0.25, -0.2) is 0 Å². The number of hydrogen-bond acceptors (Lipinski definition) is 4. The molecule has 1 N–H and O–H groups in total. The molecule has 29 heavy (non-hydrogen) atoms. The summed E-state index contributed by atoms with van der Waals surface area (Å²) in [5.74, 6) is 1.84. The third kappa shape index (κ3) is 6.72. The maximum Gasteiger partial charge on any atom is 0.193 e. The minimum atomic E-state index is 0. The summed E-state index contributed by atoms with van der Waals surface area (Å²) in [6.45, 7) is 8.56. The third-order valence-electron chi connectivity index (χ3n) is 6.07. The Bertz CT molecular complexity index is 626. The molecule has 1 aromatic carbocycles. The zero-order chi connectivity index (χ0) is 19.8. The van der Waals surface area contributed by atoms with Crippen molar-refractivity contribution >= 4 is 29.9 Å². The van der Waals surface area contributed by atoms with Crippen LogP contribution in [0.5, 0.6) is 5.75 Å². The van der Waals surface area contributed by atoms with E-state index in [4.69, 9.17) is 9.47 Å². The Morgan fingerprint density at radius 2 is 1.86 bits per heavy atom. The monoisotopic (exact) mass is 516 g/mol. The molecule has 3 rings (SSSR count). The van der Waals surface area contributed by atoms with E-state index >= 15 is 0 Å². The van der Waals surface area contributed by atoms with Crippen molar-refractivity contribution in [2.75, 3.05) is 60.1 Å². The zero-order valence-corrected chi connectivity index (χ0v) is 20.5. The van der Waals surface area contributed by atoms with Crippen LogP contribution < -0.4 is 10.1 Å². The standard InChI is InChI=1S/C22H36N4O2.HI/c1-19-6-8-20(9-7-19)28-17-14-25(3)21(23-2)24-18-22(10-15-27-16-11-22)26-12-4-5-13-26;/h6-9H,4-5,10-18H2,1-3H3,(H,23,24);1H. The second kappa shape index (κ2) is 12.0. The molecule has 0 amide bonds. The molecule has 0 aromatic heterocycles. The van der Waals surface area contributed by atoms with E-state index in [0.717, 1.165) is 50.9 Å². The van der Waals surface area contributed by atoms with E-state index in [2.05, 4.69) is 46.2 Å². The van der Waals surface area contributed by atoms with E-state index in [0.29, 0.717) is 6.61 Å². The lowest BCUT2D eigenvalue weighted by molar-refractivity contribution is -0.0166. The lowest BCUT2D eigenvalue weighted by atomic mass is 9.88. The van der Waals surface area contributed by atoms with Gasteiger partial charge in [0.05, 0.1) is 6.54 Å². The molecule has 0 saturated carbocycles. The van der Waals surface area contributed by atoms with Gasteiger partial charge in [-0.3, -0.25) is 9.89 Å². The number of hydrogen-bond donors (Lipinski definition) is 1. The molecule has 2 aliphatic rings. The summed E-state index contributed by atoms with van der Waals surface area (Å²) in [6.07, 6.45) is 4.82. The lowest BCUT2D eigenvalue weighted by Crippen LogP contribution is -2.58. The minimum Gasteiger partial charge on any atom is -0.492 e. The summed E-state index contributed by atoms with van der Waals surface area (Å²) >= 11 is 0. The second-order valence-electron chi connectivity index (χ2n) is 8.01. The van der Waals surface area contributed by atoms with Crippen LogP contribution in [0.1, 0.15) is 31.2 Å². The third-order valence-corrected chi connectivity index (χ3v) is 6.07. The van der Waals surface area contributed by atoms with Gasteiger partial charge in [0.1, 0.15) is 12.4 Å². The summed E-state index contributed by atoms with van der Waals surface area (Å²) in [5.41, 5.74) is 1.44. The van der Waals surface area contributed by atoms with Gasteiger partial charge in [0.15, 0.2) is 5.96 Å². The highest BCUT2D eigenvalue weighted by atomic mass is 127. The van der Waals surface area contributed by atoms with Gasteiger partial charge < -0.3 is 19.7 Å². The van der Waals surface area contributed by atoms with Crippen molar-refractivity contribution in [1.82, 2.24) is 15.1 Å². The van der Waals surface area contributed by atoms with E-state index in [1.807, 2.05) is 19.2 Å². The summed E-state index contributed by atoms with van der Waals surface area (Å²) in [7, 11) is 3.92. The molecule has 0 spiro atoms. The van der Waals surface area contributed by atoms with E-state index in [9.17, 15) is 0 Å². The molecule has 164 valence electrons. The lowest BCUT2D eigenvalue weighted by Gasteiger charge is -2.45. The van der Waals surface area contributed by atoms with Crippen molar-refractivity contribution in [3.63, 3.8) is 0 Å². The molecule has 2 fully saturated rings. The molecule has 2 heterocycles. The predicted octanol–water partition coefficient (Wildman–Crippen LogP) is 3.14. The number of halogens is 1. The molecule has 2 aliphatic heterocycles. The quantitative estimate of drug-likeness (QED) is 0.343. The summed E-state index contributed by atoms with van der Waals surface area (Å²) in [4.78, 5) is 9.31. The van der Waals surface area contributed by atoms with Crippen molar-refractivity contribution in [2.45, 2.75) is 38.1 Å². The Labute approximate surface area is 193 Å². The number of rotatable bonds is 7. The van der Waals surface area contributed by atoms with Crippen LogP contribution in [0.25, 0.3) is 0 Å². The Kier molecular flexibility index (Phi) is 9.98. The smallest absolute Gasteiger partial charge is 0.193 e. The molecular formula is C22H37IN4O2. The van der Waals surface area contributed by atoms with Gasteiger partial charge in [-0.2, -0.15) is 0 Å². The number of likely N-dealkylation sites (tertiary alicyclic amines) is 1. The second-order valence-corrected chi connectivity index (χ2v) is 8.01. The highest BCUT2D eigenvalue weighted by Crippen LogP contribution is 2.30. The minimum absolute atomic E-state index is 0. The fourth-order valence-electron chi connectivity index (χ4n) is 4.22. The van der Waals surface area contributed by atoms with E-state index in [1.54, 1.807) is 0 Å². The Morgan fingerprint density at radius 3 is 2.48 bits per heavy atom. The molecule has 0 radical (unpaired) electrons. The number of nitrogens with zero attached hydrogens (tertiary/aromatic N) is 3. The van der Waals surface area contributed by atoms with Gasteiger partial charge >= 0.3 is 0 Å². The van der Waals surface area contributed by atoms with Crippen LogP contribution in [0.3, 0.4) is 0 Å². The van der Waals surface area contributed by atoms with E-state index in [-0.39, 0.29) is 29.5 Å². The highest BCUT2D eigenvalue weighted by Gasteiger charge is 2.39. The SMILES string of the molecule is CN=C(NCC1(N2CCCC2)CCOCC1)N(C)CCOc1ccc(C)cc1.I. The first-order valence-corrected chi connectivity index (χ1v) is 10.6. The summed E-state index contributed by atoms with van der Waals surface area (Å²) in [6, 6.07) is 8.19. The number of guanidine groups is 1. The number of benzene rings is 1. The summed E-state index contributed by atoms with van der Waals surface area (Å²) in [5, 5.41) is 3.64. The Balaban J connectivity index is 0.00000300. The Morgan fingerprint density at radius 1 is 1.21 bits per heavy atom. The van der Waals surface area contributed by atoms with Gasteiger partial charge in [0, 0.05) is 39.4 Å². The average molecular weight is 516 g/mol. The highest BCUT2D eigenvalue weighted by molar-refractivity contribution is 14.0. The molecule has 0 atom stereocenters. The average Bonchev–Trinajstić information content (AvgIpc) is 3.26. The van der Waals surface area contributed by atoms with Gasteiger partial charge in [-0.15, -0.1) is 24.0 Å². The van der Waals surface area contributed by atoms with Crippen molar-refractivity contribution in [3.8, 4) is 5.75 Å². The van der Waals surface area contributed by atoms with Crippen LogP contribution in [0.4, 0.5) is 0 Å². The first-order valence-electron chi connectivity index (χ1n) is 10.6. The fourth-order valence-corrected chi connectivity index (χ4v) is 4.22. The first-order chi connectivity index (χ1) is 13.6. The van der Waals surface area contributed by atoms with Crippen LogP contribution in [-0.4, -0.2) is 81.4 Å². The van der Waals surface area contributed by atoms with Crippen LogP contribution in [0.15, 0.2) is 29.3 Å². The maximum atomic E-state index is 5.87. The molecular weight excluding hydrogens is 479 g/mol. The van der Waals surface area contributed by atoms with Crippen molar-refractivity contribution < 1.29 is 9.47 Å². The van der Waals surface area contributed by atoms with Gasteiger partial charge in [-0.1, -0.05) is 17.7 Å². The van der Waals surface area contributed by atoms with Crippen LogP contribution in [0, 0.1) is 6.92 Å². The van der Waals surface area contributed by atoms with Crippen LogP contribution >= 0.6 is 24.0 Å². The van der Waals surface area contributed by atoms with E-state index in [1.165, 1.54) is 31.5 Å². The van der Waals surface area contributed by atoms with Crippen molar-refractivity contribution in [2.24, 2.45) is 4.99 Å². The number of aryl methyl sites for hydroxylation is 1. The van der Waals surface area contributed by atoms with Crippen LogP contribution in [0.2, 0.25) is 0 Å². The van der Waals surface area contributed by atoms with Gasteiger partial charge in [0.25, 0.3) is 0 Å². The molecule has 2 saturated heterocycles. The van der Waals surface area contributed by atoms with Crippen molar-refractivity contribution in [1.29, 1.82) is 0 Å². The molecule has 1 aromatic rings. The first kappa shape index (κ1) is 24.2. The number of nitrogens with one attached hydrogen (secondary N) is 1. The van der Waals surface area contributed by atoms with Gasteiger partial charge in [-0.05, 0) is 57.8 Å². The van der Waals surface area contributed by atoms with Crippen molar-refractivity contribution in [3.05, 3.63) is 29.8 Å². The Hall–Kier alpha value is -1.06. The molecule has 7 heteroatoms. The fraction of sp³-hybridized carbons (Fsp3) is 0.682. The number of aliphatic imine (C=N–C) groups is 1. The zero-order valence-electron chi connectivity index (χ0n) is 18.2. The molecule has 0 bridgehead atoms. The number of likely N-dealkylation sites (N-methyl/N-ethyl adjacent to an activating group) is 1. The van der Waals surface area contributed by atoms with E-state index < -0.39 is 0 Å². The largest absolute Gasteiger partial charge is 0.492 e. The predicted molar refractivity (Wildman–Crippen MR) is 130 cm³/mol. The normalized spacial score (nSPS) is 19.5. The molecule has 0 unspecified atom stereocenters. The topological polar surface area (TPSA) is 49.3 Å². The van der Waals surface area contributed by atoms with Gasteiger partial charge in [0.2, 0.25) is 0 Å². The van der Waals surface area contributed by atoms with Crippen LogP contribution in [-0.2, 0) is 4.74 Å². The maximum absolute atomic E-state index is 5.87. The molecule has 0 aliphatic carbocycles.